The molecule has 1 unspecified atom stereocenters. The van der Waals surface area contributed by atoms with E-state index in [9.17, 15) is 9.59 Å². The van der Waals surface area contributed by atoms with Gasteiger partial charge in [-0.15, -0.1) is 0 Å². The van der Waals surface area contributed by atoms with Crippen molar-refractivity contribution in [3.63, 3.8) is 0 Å². The second kappa shape index (κ2) is 6.29. The van der Waals surface area contributed by atoms with Crippen molar-refractivity contribution in [2.24, 2.45) is 0 Å². The van der Waals surface area contributed by atoms with Crippen LogP contribution in [-0.4, -0.2) is 23.5 Å². The molecule has 0 aliphatic heterocycles. The molecule has 0 aromatic heterocycles. The fourth-order valence-electron chi connectivity index (χ4n) is 2.02. The number of ether oxygens (including phenoxy) is 1. The lowest BCUT2D eigenvalue weighted by Gasteiger charge is -2.41. The number of halogens is 1. The van der Waals surface area contributed by atoms with E-state index < -0.39 is 22.6 Å². The molecule has 0 saturated heterocycles. The molecular weight excluding hydrogens is 302 g/mol. The predicted octanol–water partition coefficient (Wildman–Crippen LogP) is 4.10. The smallest absolute Gasteiger partial charge is 0.408 e. The van der Waals surface area contributed by atoms with Gasteiger partial charge in [-0.3, -0.25) is 0 Å². The second-order valence-corrected chi connectivity index (χ2v) is 7.52. The van der Waals surface area contributed by atoms with E-state index in [1.165, 1.54) is 0 Å². The zero-order valence-corrected chi connectivity index (χ0v) is 14.7. The first-order valence-electron chi connectivity index (χ1n) is 7.15. The van der Waals surface area contributed by atoms with Gasteiger partial charge in [-0.2, -0.15) is 0 Å². The highest BCUT2D eigenvalue weighted by atomic mass is 35.5. The maximum Gasteiger partial charge on any atom is 0.408 e. The first-order valence-corrected chi connectivity index (χ1v) is 7.53. The Balaban J connectivity index is 3.07. The maximum atomic E-state index is 12.1. The van der Waals surface area contributed by atoms with Crippen LogP contribution in [0.3, 0.4) is 0 Å². The Kier molecular flexibility index (Phi) is 5.29. The zero-order valence-electron chi connectivity index (χ0n) is 14.0. The molecule has 1 amide bonds. The minimum atomic E-state index is -1.12. The van der Waals surface area contributed by atoms with Crippen LogP contribution in [0.1, 0.15) is 47.1 Å². The molecule has 1 rings (SSSR count). The maximum absolute atomic E-state index is 12.1. The molecule has 0 spiro atoms. The van der Waals surface area contributed by atoms with E-state index in [2.05, 4.69) is 5.32 Å². The summed E-state index contributed by atoms with van der Waals surface area (Å²) >= 11 is 5.91. The minimum Gasteiger partial charge on any atom is -0.444 e. The fraction of sp³-hybridized carbons (Fsp3) is 0.529. The highest BCUT2D eigenvalue weighted by molar-refractivity contribution is 6.30. The van der Waals surface area contributed by atoms with Crippen LogP contribution in [0.25, 0.3) is 0 Å². The molecular formula is C17H24ClNO3. The quantitative estimate of drug-likeness (QED) is 0.848. The molecule has 1 aromatic rings. The van der Waals surface area contributed by atoms with Gasteiger partial charge in [0.2, 0.25) is 0 Å². The molecule has 4 nitrogen and oxygen atoms in total. The van der Waals surface area contributed by atoms with Crippen molar-refractivity contribution < 1.29 is 14.3 Å². The number of nitrogens with one attached hydrogen (secondary N) is 1. The Hall–Kier alpha value is -1.55. The van der Waals surface area contributed by atoms with Crippen molar-refractivity contribution in [2.75, 3.05) is 0 Å². The molecule has 0 bridgehead atoms. The predicted molar refractivity (Wildman–Crippen MR) is 88.3 cm³/mol. The van der Waals surface area contributed by atoms with Crippen LogP contribution in [0, 0.1) is 0 Å². The van der Waals surface area contributed by atoms with Crippen molar-refractivity contribution in [3.05, 3.63) is 34.9 Å². The Labute approximate surface area is 137 Å². The summed E-state index contributed by atoms with van der Waals surface area (Å²) in [5.74, 6) is 0. The fourth-order valence-corrected chi connectivity index (χ4v) is 2.14. The van der Waals surface area contributed by atoms with Gasteiger partial charge in [0, 0.05) is 10.4 Å². The first-order chi connectivity index (χ1) is 9.91. The summed E-state index contributed by atoms with van der Waals surface area (Å²) in [6, 6.07) is 7.22. The molecule has 1 aromatic carbocycles. The van der Waals surface area contributed by atoms with Crippen molar-refractivity contribution in [1.29, 1.82) is 0 Å². The van der Waals surface area contributed by atoms with Crippen LogP contribution in [0.4, 0.5) is 4.79 Å². The van der Waals surface area contributed by atoms with E-state index in [1.807, 2.05) is 26.0 Å². The Morgan fingerprint density at radius 3 is 2.00 bits per heavy atom. The highest BCUT2D eigenvalue weighted by Gasteiger charge is 2.44. The number of rotatable bonds is 4. The van der Waals surface area contributed by atoms with E-state index in [-0.39, 0.29) is 0 Å². The summed E-state index contributed by atoms with van der Waals surface area (Å²) in [5.41, 5.74) is -1.50. The van der Waals surface area contributed by atoms with Crippen molar-refractivity contribution in [3.8, 4) is 0 Å². The van der Waals surface area contributed by atoms with Crippen LogP contribution in [0.2, 0.25) is 5.02 Å². The monoisotopic (exact) mass is 325 g/mol. The van der Waals surface area contributed by atoms with Crippen molar-refractivity contribution in [2.45, 2.75) is 58.1 Å². The number of benzene rings is 1. The average molecular weight is 326 g/mol. The van der Waals surface area contributed by atoms with Gasteiger partial charge >= 0.3 is 6.09 Å². The molecule has 0 heterocycles. The lowest BCUT2D eigenvalue weighted by Crippen LogP contribution is -2.60. The van der Waals surface area contributed by atoms with Crippen LogP contribution >= 0.6 is 11.6 Å². The van der Waals surface area contributed by atoms with Gasteiger partial charge in [-0.1, -0.05) is 37.6 Å². The molecule has 0 aliphatic carbocycles. The first kappa shape index (κ1) is 18.5. The summed E-state index contributed by atoms with van der Waals surface area (Å²) in [6.45, 7) is 10.8. The number of carbonyl (C=O) groups is 2. The molecule has 0 radical (unpaired) electrons. The number of hydrogen-bond donors (Lipinski definition) is 1. The molecule has 0 saturated carbocycles. The van der Waals surface area contributed by atoms with E-state index in [0.717, 1.165) is 11.8 Å². The number of hydrogen-bond acceptors (Lipinski definition) is 3. The lowest BCUT2D eigenvalue weighted by atomic mass is 9.69. The number of carbonyl (C=O) groups excluding carboxylic acids is 2. The number of aldehydes is 1. The largest absolute Gasteiger partial charge is 0.444 e. The van der Waals surface area contributed by atoms with E-state index in [4.69, 9.17) is 16.3 Å². The summed E-state index contributed by atoms with van der Waals surface area (Å²) < 4.78 is 5.26. The summed E-state index contributed by atoms with van der Waals surface area (Å²) in [5, 5.41) is 3.31. The SMILES string of the molecule is CC(C)(C)OC(=O)NC(C)(C=O)C(C)(C)c1ccc(Cl)cc1. The highest BCUT2D eigenvalue weighted by Crippen LogP contribution is 2.34. The van der Waals surface area contributed by atoms with Crippen LogP contribution in [-0.2, 0) is 14.9 Å². The summed E-state index contributed by atoms with van der Waals surface area (Å²) in [6.07, 6.45) is 0.120. The molecule has 122 valence electrons. The van der Waals surface area contributed by atoms with Gasteiger partial charge in [0.05, 0.1) is 0 Å². The van der Waals surface area contributed by atoms with E-state index in [0.29, 0.717) is 5.02 Å². The van der Waals surface area contributed by atoms with Crippen LogP contribution in [0.15, 0.2) is 24.3 Å². The third-order valence-corrected chi connectivity index (χ3v) is 4.11. The third-order valence-electron chi connectivity index (χ3n) is 3.86. The Bertz CT molecular complexity index is 546. The van der Waals surface area contributed by atoms with Gasteiger partial charge in [-0.25, -0.2) is 4.79 Å². The van der Waals surface area contributed by atoms with E-state index >= 15 is 0 Å². The van der Waals surface area contributed by atoms with Gasteiger partial charge in [-0.05, 0) is 45.4 Å². The average Bonchev–Trinajstić information content (AvgIpc) is 2.36. The van der Waals surface area contributed by atoms with Gasteiger partial charge in [0.25, 0.3) is 0 Å². The molecule has 1 atom stereocenters. The van der Waals surface area contributed by atoms with E-state index in [1.54, 1.807) is 39.8 Å². The van der Waals surface area contributed by atoms with Gasteiger partial charge < -0.3 is 14.8 Å². The third kappa shape index (κ3) is 4.23. The second-order valence-electron chi connectivity index (χ2n) is 7.08. The number of alkyl carbamates (subject to hydrolysis) is 1. The van der Waals surface area contributed by atoms with Crippen LogP contribution < -0.4 is 5.32 Å². The van der Waals surface area contributed by atoms with Crippen LogP contribution in [0.5, 0.6) is 0 Å². The molecule has 0 fully saturated rings. The van der Waals surface area contributed by atoms with Gasteiger partial charge in [0.15, 0.2) is 0 Å². The van der Waals surface area contributed by atoms with Crippen molar-refractivity contribution in [1.82, 2.24) is 5.32 Å². The van der Waals surface area contributed by atoms with Gasteiger partial charge in [0.1, 0.15) is 17.4 Å². The number of amides is 1. The summed E-state index contributed by atoms with van der Waals surface area (Å²) in [4.78, 5) is 23.8. The zero-order chi connectivity index (χ0) is 17.2. The summed E-state index contributed by atoms with van der Waals surface area (Å²) in [7, 11) is 0. The lowest BCUT2D eigenvalue weighted by molar-refractivity contribution is -0.115. The molecule has 0 aliphatic rings. The standard InChI is InChI=1S/C17H24ClNO3/c1-15(2,3)22-14(21)19-17(6,11-20)16(4,5)12-7-9-13(18)10-8-12/h7-11H,1-6H3,(H,19,21). The molecule has 1 N–H and O–H groups in total. The molecule has 5 heteroatoms. The Morgan fingerprint density at radius 1 is 1.09 bits per heavy atom. The minimum absolute atomic E-state index is 0.618. The van der Waals surface area contributed by atoms with Crippen molar-refractivity contribution >= 4 is 24.0 Å². The normalized spacial score (nSPS) is 14.9. The topological polar surface area (TPSA) is 55.4 Å². The Morgan fingerprint density at radius 2 is 1.59 bits per heavy atom. The molecule has 22 heavy (non-hydrogen) atoms.